The molecular weight excluding hydrogens is 496 g/mol. The first-order chi connectivity index (χ1) is 16.8. The standard InChI is InChI=1S/C21H30N6O8S/c22-12(5-6-16(23)29)18(31)25-13(7-10-1-3-11(28)4-2-10)19(32)26-14(8-17(24)30)20(33)27-15(9-36)21(34)35/h1-4,12-15,28,36H,5-9,22H2,(H2,23,29)(H2,24,30)(H,25,31)(H,26,32)(H,27,33)(H,34,35). The Kier molecular flexibility index (Phi) is 12.2. The van der Waals surface area contributed by atoms with E-state index in [0.717, 1.165) is 0 Å². The molecule has 1 rings (SSSR count). The van der Waals surface area contributed by atoms with Crippen LogP contribution < -0.4 is 33.2 Å². The van der Waals surface area contributed by atoms with Crippen LogP contribution in [0.25, 0.3) is 0 Å². The van der Waals surface area contributed by atoms with Gasteiger partial charge in [0.1, 0.15) is 23.9 Å². The zero-order valence-electron chi connectivity index (χ0n) is 19.2. The molecule has 0 bridgehead atoms. The third-order valence-electron chi connectivity index (χ3n) is 4.88. The smallest absolute Gasteiger partial charge is 0.327 e. The van der Waals surface area contributed by atoms with Crippen LogP contribution in [0.15, 0.2) is 24.3 Å². The van der Waals surface area contributed by atoms with E-state index >= 15 is 0 Å². The second-order valence-corrected chi connectivity index (χ2v) is 8.22. The van der Waals surface area contributed by atoms with E-state index in [9.17, 15) is 33.9 Å². The average Bonchev–Trinajstić information content (AvgIpc) is 2.80. The van der Waals surface area contributed by atoms with Crippen LogP contribution in [0, 0.1) is 0 Å². The number of phenols is 1. The van der Waals surface area contributed by atoms with Crippen LogP contribution in [-0.4, -0.2) is 75.6 Å². The minimum Gasteiger partial charge on any atom is -0.508 e. The van der Waals surface area contributed by atoms with E-state index in [4.69, 9.17) is 22.3 Å². The molecule has 0 aliphatic rings. The minimum absolute atomic E-state index is 0.0346. The van der Waals surface area contributed by atoms with Crippen molar-refractivity contribution in [2.45, 2.75) is 49.9 Å². The molecule has 198 valence electrons. The summed E-state index contributed by atoms with van der Waals surface area (Å²) in [5.74, 6) is -6.00. The summed E-state index contributed by atoms with van der Waals surface area (Å²) in [6.07, 6.45) is -1.02. The van der Waals surface area contributed by atoms with Gasteiger partial charge in [-0.1, -0.05) is 12.1 Å². The lowest BCUT2D eigenvalue weighted by atomic mass is 10.0. The Morgan fingerprint density at radius 1 is 0.833 bits per heavy atom. The molecule has 1 aromatic rings. The SMILES string of the molecule is NC(=O)CCC(N)C(=O)NC(Cc1ccc(O)cc1)C(=O)NC(CC(N)=O)C(=O)NC(CS)C(=O)O. The van der Waals surface area contributed by atoms with Crippen molar-refractivity contribution in [3.63, 3.8) is 0 Å². The maximum absolute atomic E-state index is 13.1. The third kappa shape index (κ3) is 10.6. The monoisotopic (exact) mass is 526 g/mol. The molecule has 1 aromatic carbocycles. The molecule has 0 aromatic heterocycles. The van der Waals surface area contributed by atoms with E-state index in [1.807, 2.05) is 0 Å². The van der Waals surface area contributed by atoms with Gasteiger partial charge in [0, 0.05) is 18.6 Å². The van der Waals surface area contributed by atoms with Gasteiger partial charge >= 0.3 is 5.97 Å². The normalized spacial score (nSPS) is 13.9. The summed E-state index contributed by atoms with van der Waals surface area (Å²) in [5.41, 5.74) is 16.5. The van der Waals surface area contributed by atoms with Crippen molar-refractivity contribution in [1.82, 2.24) is 16.0 Å². The molecule has 14 nitrogen and oxygen atoms in total. The van der Waals surface area contributed by atoms with Crippen molar-refractivity contribution >= 4 is 48.1 Å². The van der Waals surface area contributed by atoms with Crippen molar-refractivity contribution in [2.75, 3.05) is 5.75 Å². The van der Waals surface area contributed by atoms with Crippen LogP contribution in [0.4, 0.5) is 0 Å². The first-order valence-corrected chi connectivity index (χ1v) is 11.3. The number of phenolic OH excluding ortho intramolecular Hbond substituents is 1. The number of benzene rings is 1. The lowest BCUT2D eigenvalue weighted by Crippen LogP contribution is -2.58. The Morgan fingerprint density at radius 2 is 1.36 bits per heavy atom. The second-order valence-electron chi connectivity index (χ2n) is 7.86. The molecule has 0 saturated carbocycles. The molecule has 0 spiro atoms. The van der Waals surface area contributed by atoms with Gasteiger partial charge in [0.05, 0.1) is 12.5 Å². The van der Waals surface area contributed by atoms with Crippen molar-refractivity contribution in [3.8, 4) is 5.75 Å². The molecule has 36 heavy (non-hydrogen) atoms. The van der Waals surface area contributed by atoms with E-state index in [-0.39, 0.29) is 30.8 Å². The molecule has 5 amide bonds. The molecule has 4 atom stereocenters. The summed E-state index contributed by atoms with van der Waals surface area (Å²) in [6.45, 7) is 0. The molecular formula is C21H30N6O8S. The Hall–Kier alpha value is -3.85. The fourth-order valence-corrected chi connectivity index (χ4v) is 3.17. The molecule has 4 unspecified atom stereocenters. The highest BCUT2D eigenvalue weighted by Crippen LogP contribution is 2.12. The first-order valence-electron chi connectivity index (χ1n) is 10.7. The fourth-order valence-electron chi connectivity index (χ4n) is 2.93. The van der Waals surface area contributed by atoms with Gasteiger partial charge in [0.15, 0.2) is 0 Å². The van der Waals surface area contributed by atoms with Crippen LogP contribution in [0.1, 0.15) is 24.8 Å². The van der Waals surface area contributed by atoms with Gasteiger partial charge < -0.3 is 43.4 Å². The third-order valence-corrected chi connectivity index (χ3v) is 5.25. The molecule has 0 heterocycles. The van der Waals surface area contributed by atoms with Crippen LogP contribution in [0.2, 0.25) is 0 Å². The largest absolute Gasteiger partial charge is 0.508 e. The number of carboxylic acids is 1. The number of hydrogen-bond acceptors (Lipinski definition) is 9. The van der Waals surface area contributed by atoms with Crippen LogP contribution >= 0.6 is 12.6 Å². The number of nitrogens with two attached hydrogens (primary N) is 3. The summed E-state index contributed by atoms with van der Waals surface area (Å²) in [7, 11) is 0. The van der Waals surface area contributed by atoms with Crippen molar-refractivity contribution in [1.29, 1.82) is 0 Å². The number of carbonyl (C=O) groups excluding carboxylic acids is 5. The lowest BCUT2D eigenvalue weighted by molar-refractivity contribution is -0.141. The van der Waals surface area contributed by atoms with Crippen LogP contribution in [0.3, 0.4) is 0 Å². The average molecular weight is 527 g/mol. The van der Waals surface area contributed by atoms with Crippen molar-refractivity contribution in [2.24, 2.45) is 17.2 Å². The highest BCUT2D eigenvalue weighted by atomic mass is 32.1. The van der Waals surface area contributed by atoms with E-state index in [2.05, 4.69) is 28.6 Å². The van der Waals surface area contributed by atoms with Gasteiger partial charge in [-0.3, -0.25) is 24.0 Å². The Labute approximate surface area is 211 Å². The first kappa shape index (κ1) is 30.2. The topological polar surface area (TPSA) is 257 Å². The van der Waals surface area contributed by atoms with E-state index in [1.54, 1.807) is 0 Å². The van der Waals surface area contributed by atoms with Gasteiger partial charge in [-0.2, -0.15) is 12.6 Å². The molecule has 15 heteroatoms. The van der Waals surface area contributed by atoms with E-state index in [0.29, 0.717) is 5.56 Å². The number of carbonyl (C=O) groups is 6. The zero-order valence-corrected chi connectivity index (χ0v) is 20.1. The number of nitrogens with one attached hydrogen (secondary N) is 3. The van der Waals surface area contributed by atoms with Gasteiger partial charge in [-0.15, -0.1) is 0 Å². The molecule has 0 fully saturated rings. The maximum atomic E-state index is 13.1. The van der Waals surface area contributed by atoms with E-state index < -0.39 is 66.1 Å². The van der Waals surface area contributed by atoms with Crippen molar-refractivity contribution < 1.29 is 39.0 Å². The summed E-state index contributed by atoms with van der Waals surface area (Å²) >= 11 is 3.84. The number of amides is 5. The Bertz CT molecular complexity index is 974. The minimum atomic E-state index is -1.56. The quantitative estimate of drug-likeness (QED) is 0.105. The number of hydrogen-bond donors (Lipinski definition) is 9. The number of carboxylic acid groups (broad SMARTS) is 1. The predicted octanol–water partition coefficient (Wildman–Crippen LogP) is -3.13. The summed E-state index contributed by atoms with van der Waals surface area (Å²) in [5, 5.41) is 25.5. The zero-order chi connectivity index (χ0) is 27.4. The summed E-state index contributed by atoms with van der Waals surface area (Å²) < 4.78 is 0. The second kappa shape index (κ2) is 14.5. The predicted molar refractivity (Wildman–Crippen MR) is 129 cm³/mol. The van der Waals surface area contributed by atoms with Gasteiger partial charge in [0.2, 0.25) is 29.5 Å². The number of primary amides is 2. The number of aromatic hydroxyl groups is 1. The Balaban J connectivity index is 3.11. The van der Waals surface area contributed by atoms with Gasteiger partial charge in [-0.25, -0.2) is 4.79 Å². The van der Waals surface area contributed by atoms with Crippen LogP contribution in [-0.2, 0) is 35.2 Å². The molecule has 0 saturated heterocycles. The molecule has 0 radical (unpaired) electrons. The van der Waals surface area contributed by atoms with Crippen molar-refractivity contribution in [3.05, 3.63) is 29.8 Å². The van der Waals surface area contributed by atoms with Gasteiger partial charge in [-0.05, 0) is 24.1 Å². The lowest BCUT2D eigenvalue weighted by Gasteiger charge is -2.24. The number of aliphatic carboxylic acids is 1. The maximum Gasteiger partial charge on any atom is 0.327 e. The van der Waals surface area contributed by atoms with Gasteiger partial charge in [0.25, 0.3) is 0 Å². The number of rotatable bonds is 15. The number of thiol groups is 1. The molecule has 0 aliphatic carbocycles. The van der Waals surface area contributed by atoms with Crippen LogP contribution in [0.5, 0.6) is 5.75 Å². The molecule has 11 N–H and O–H groups in total. The highest BCUT2D eigenvalue weighted by Gasteiger charge is 2.31. The fraction of sp³-hybridized carbons (Fsp3) is 0.429. The summed E-state index contributed by atoms with van der Waals surface area (Å²) in [4.78, 5) is 71.8. The Morgan fingerprint density at radius 3 is 1.86 bits per heavy atom. The molecule has 0 aliphatic heterocycles. The summed E-state index contributed by atoms with van der Waals surface area (Å²) in [6, 6.07) is 0.256. The van der Waals surface area contributed by atoms with E-state index in [1.165, 1.54) is 24.3 Å². The highest BCUT2D eigenvalue weighted by molar-refractivity contribution is 7.80.